The van der Waals surface area contributed by atoms with E-state index in [1.165, 1.54) is 0 Å². The highest BCUT2D eigenvalue weighted by Crippen LogP contribution is 2.25. The van der Waals surface area contributed by atoms with E-state index >= 15 is 0 Å². The molecular formula is C14H20BIO4. The van der Waals surface area contributed by atoms with E-state index < -0.39 is 18.7 Å². The molecule has 0 aliphatic heterocycles. The predicted octanol–water partition coefficient (Wildman–Crippen LogP) is 1.85. The Morgan fingerprint density at radius 3 is 2.00 bits per heavy atom. The van der Waals surface area contributed by atoms with Gasteiger partial charge in [0.25, 0.3) is 0 Å². The minimum atomic E-state index is -1.61. The van der Waals surface area contributed by atoms with E-state index in [4.69, 9.17) is 4.74 Å². The van der Waals surface area contributed by atoms with Crippen molar-refractivity contribution in [2.45, 2.75) is 47.1 Å². The monoisotopic (exact) mass is 390 g/mol. The first kappa shape index (κ1) is 17.5. The SMILES string of the molecule is Cc1c(I)c(C)c(C(=O)OC(C)(C)C)c(C)c1B(O)O. The Labute approximate surface area is 133 Å². The van der Waals surface area contributed by atoms with Crippen LogP contribution in [-0.4, -0.2) is 28.7 Å². The van der Waals surface area contributed by atoms with Gasteiger partial charge in [-0.15, -0.1) is 0 Å². The van der Waals surface area contributed by atoms with Crippen molar-refractivity contribution >= 4 is 41.1 Å². The molecule has 0 atom stereocenters. The smallest absolute Gasteiger partial charge is 0.456 e. The molecule has 0 amide bonds. The molecule has 0 aromatic heterocycles. The first-order valence-electron chi connectivity index (χ1n) is 6.36. The fraction of sp³-hybridized carbons (Fsp3) is 0.500. The van der Waals surface area contributed by atoms with E-state index in [-0.39, 0.29) is 0 Å². The lowest BCUT2D eigenvalue weighted by Crippen LogP contribution is -2.37. The van der Waals surface area contributed by atoms with Crippen LogP contribution in [-0.2, 0) is 4.74 Å². The van der Waals surface area contributed by atoms with Crippen molar-refractivity contribution in [1.29, 1.82) is 0 Å². The molecular weight excluding hydrogens is 370 g/mol. The second-order valence-corrected chi connectivity index (χ2v) is 6.93. The largest absolute Gasteiger partial charge is 0.489 e. The third kappa shape index (κ3) is 3.53. The zero-order valence-electron chi connectivity index (χ0n) is 12.7. The number of halogens is 1. The van der Waals surface area contributed by atoms with E-state index in [1.807, 2.05) is 13.8 Å². The second-order valence-electron chi connectivity index (χ2n) is 5.85. The lowest BCUT2D eigenvalue weighted by atomic mass is 9.72. The summed E-state index contributed by atoms with van der Waals surface area (Å²) in [5.74, 6) is -0.438. The summed E-state index contributed by atoms with van der Waals surface area (Å²) in [5, 5.41) is 19.1. The van der Waals surface area contributed by atoms with Gasteiger partial charge in [0, 0.05) is 3.57 Å². The van der Waals surface area contributed by atoms with Gasteiger partial charge in [0.1, 0.15) is 5.60 Å². The van der Waals surface area contributed by atoms with E-state index in [0.717, 1.165) is 14.7 Å². The highest BCUT2D eigenvalue weighted by atomic mass is 127. The average Bonchev–Trinajstić information content (AvgIpc) is 2.23. The fourth-order valence-electron chi connectivity index (χ4n) is 2.23. The van der Waals surface area contributed by atoms with Crippen LogP contribution in [0.4, 0.5) is 0 Å². The molecule has 0 heterocycles. The molecule has 4 nitrogen and oxygen atoms in total. The predicted molar refractivity (Wildman–Crippen MR) is 88.4 cm³/mol. The van der Waals surface area contributed by atoms with Crippen molar-refractivity contribution in [3.63, 3.8) is 0 Å². The molecule has 0 radical (unpaired) electrons. The fourth-order valence-corrected chi connectivity index (χ4v) is 2.79. The summed E-state index contributed by atoms with van der Waals surface area (Å²) < 4.78 is 6.25. The second kappa shape index (κ2) is 6.03. The number of benzene rings is 1. The van der Waals surface area contributed by atoms with Crippen molar-refractivity contribution in [1.82, 2.24) is 0 Å². The average molecular weight is 390 g/mol. The van der Waals surface area contributed by atoms with Gasteiger partial charge in [0.2, 0.25) is 0 Å². The first-order chi connectivity index (χ1) is 8.97. The maximum absolute atomic E-state index is 12.4. The Balaban J connectivity index is 3.52. The summed E-state index contributed by atoms with van der Waals surface area (Å²) in [6, 6.07) is 0. The lowest BCUT2D eigenvalue weighted by molar-refractivity contribution is 0.00680. The molecule has 20 heavy (non-hydrogen) atoms. The Bertz CT molecular complexity index is 547. The van der Waals surface area contributed by atoms with Gasteiger partial charge in [-0.25, -0.2) is 4.79 Å². The Morgan fingerprint density at radius 2 is 1.60 bits per heavy atom. The van der Waals surface area contributed by atoms with Crippen molar-refractivity contribution in [2.24, 2.45) is 0 Å². The normalized spacial score (nSPS) is 11.4. The summed E-state index contributed by atoms with van der Waals surface area (Å²) in [4.78, 5) is 12.4. The number of hydrogen-bond donors (Lipinski definition) is 2. The quantitative estimate of drug-likeness (QED) is 0.460. The molecule has 1 aromatic carbocycles. The molecule has 6 heteroatoms. The number of esters is 1. The number of ether oxygens (including phenoxy) is 1. The van der Waals surface area contributed by atoms with Gasteiger partial charge in [0.15, 0.2) is 0 Å². The molecule has 110 valence electrons. The summed E-state index contributed by atoms with van der Waals surface area (Å²) in [7, 11) is -1.61. The third-order valence-electron chi connectivity index (χ3n) is 3.08. The van der Waals surface area contributed by atoms with Crippen LogP contribution in [0.25, 0.3) is 0 Å². The van der Waals surface area contributed by atoms with Gasteiger partial charge in [0.05, 0.1) is 5.56 Å². The van der Waals surface area contributed by atoms with Crippen molar-refractivity contribution in [2.75, 3.05) is 0 Å². The summed E-state index contributed by atoms with van der Waals surface area (Å²) in [6.07, 6.45) is 0. The maximum atomic E-state index is 12.4. The zero-order valence-corrected chi connectivity index (χ0v) is 14.8. The molecule has 0 saturated carbocycles. The van der Waals surface area contributed by atoms with Gasteiger partial charge >= 0.3 is 13.1 Å². The van der Waals surface area contributed by atoms with Crippen LogP contribution in [0.15, 0.2) is 0 Å². The van der Waals surface area contributed by atoms with E-state index in [2.05, 4.69) is 22.6 Å². The van der Waals surface area contributed by atoms with Crippen LogP contribution in [0.1, 0.15) is 47.8 Å². The minimum Gasteiger partial charge on any atom is -0.456 e. The summed E-state index contributed by atoms with van der Waals surface area (Å²) in [5.41, 5.74) is 2.34. The van der Waals surface area contributed by atoms with Crippen molar-refractivity contribution in [3.8, 4) is 0 Å². The summed E-state index contributed by atoms with van der Waals surface area (Å²) in [6.45, 7) is 10.8. The van der Waals surface area contributed by atoms with Gasteiger partial charge in [-0.2, -0.15) is 0 Å². The van der Waals surface area contributed by atoms with Gasteiger partial charge in [-0.05, 0) is 86.3 Å². The van der Waals surface area contributed by atoms with Crippen LogP contribution >= 0.6 is 22.6 Å². The molecule has 0 spiro atoms. The minimum absolute atomic E-state index is 0.376. The van der Waals surface area contributed by atoms with Gasteiger partial charge in [-0.3, -0.25) is 0 Å². The van der Waals surface area contributed by atoms with Crippen LogP contribution in [0.3, 0.4) is 0 Å². The molecule has 2 N–H and O–H groups in total. The van der Waals surface area contributed by atoms with Crippen LogP contribution in [0.2, 0.25) is 0 Å². The highest BCUT2D eigenvalue weighted by molar-refractivity contribution is 14.1. The number of carbonyl (C=O) groups excluding carboxylic acids is 1. The zero-order chi connectivity index (χ0) is 15.8. The Morgan fingerprint density at radius 1 is 1.10 bits per heavy atom. The summed E-state index contributed by atoms with van der Waals surface area (Å²) >= 11 is 2.11. The maximum Gasteiger partial charge on any atom is 0.489 e. The number of carbonyl (C=O) groups is 1. The number of hydrogen-bond acceptors (Lipinski definition) is 4. The standard InChI is InChI=1S/C14H20BIO4/c1-7-10(13(17)20-14(4,5)6)8(2)12(16)9(3)11(7)15(18)19/h18-19H,1-6H3. The van der Waals surface area contributed by atoms with E-state index in [0.29, 0.717) is 16.6 Å². The molecule has 0 aliphatic rings. The van der Waals surface area contributed by atoms with Crippen molar-refractivity contribution < 1.29 is 19.6 Å². The van der Waals surface area contributed by atoms with Gasteiger partial charge < -0.3 is 14.8 Å². The third-order valence-corrected chi connectivity index (χ3v) is 4.70. The lowest BCUT2D eigenvalue weighted by Gasteiger charge is -2.23. The molecule has 0 fully saturated rings. The topological polar surface area (TPSA) is 66.8 Å². The van der Waals surface area contributed by atoms with Gasteiger partial charge in [-0.1, -0.05) is 0 Å². The molecule has 1 rings (SSSR count). The molecule has 1 aromatic rings. The Hall–Kier alpha value is -0.595. The van der Waals surface area contributed by atoms with Crippen molar-refractivity contribution in [3.05, 3.63) is 25.8 Å². The van der Waals surface area contributed by atoms with E-state index in [1.54, 1.807) is 27.7 Å². The number of rotatable bonds is 2. The first-order valence-corrected chi connectivity index (χ1v) is 7.44. The van der Waals surface area contributed by atoms with E-state index in [9.17, 15) is 14.8 Å². The molecule has 0 saturated heterocycles. The Kier molecular flexibility index (Phi) is 5.26. The molecule has 0 aliphatic carbocycles. The van der Waals surface area contributed by atoms with Crippen LogP contribution < -0.4 is 5.46 Å². The molecule has 0 bridgehead atoms. The molecule has 0 unspecified atom stereocenters. The van der Waals surface area contributed by atoms with Crippen LogP contribution in [0, 0.1) is 24.3 Å². The van der Waals surface area contributed by atoms with Crippen LogP contribution in [0.5, 0.6) is 0 Å². The highest BCUT2D eigenvalue weighted by Gasteiger charge is 2.28.